The van der Waals surface area contributed by atoms with Crippen molar-refractivity contribution in [3.8, 4) is 0 Å². The van der Waals surface area contributed by atoms with Gasteiger partial charge in [-0.1, -0.05) is 12.1 Å². The van der Waals surface area contributed by atoms with Gasteiger partial charge in [0.2, 0.25) is 0 Å². The Balaban J connectivity index is 1.92. The Morgan fingerprint density at radius 1 is 1.24 bits per heavy atom. The van der Waals surface area contributed by atoms with E-state index in [1.54, 1.807) is 6.07 Å². The number of carbonyl (C=O) groups excluding carboxylic acids is 1. The van der Waals surface area contributed by atoms with E-state index in [0.29, 0.717) is 18.5 Å². The molecule has 21 heavy (non-hydrogen) atoms. The van der Waals surface area contributed by atoms with E-state index in [1.165, 1.54) is 4.90 Å². The van der Waals surface area contributed by atoms with Crippen molar-refractivity contribution in [2.45, 2.75) is 38.1 Å². The van der Waals surface area contributed by atoms with E-state index in [4.69, 9.17) is 0 Å². The second kappa shape index (κ2) is 5.76. The largest absolute Gasteiger partial charge is 0.480 e. The highest BCUT2D eigenvalue weighted by atomic mass is 16.4. The zero-order valence-electron chi connectivity index (χ0n) is 12.0. The lowest BCUT2D eigenvalue weighted by molar-refractivity contribution is -0.143. The summed E-state index contributed by atoms with van der Waals surface area (Å²) >= 11 is 0. The van der Waals surface area contributed by atoms with Crippen molar-refractivity contribution in [3.63, 3.8) is 0 Å². The maximum absolute atomic E-state index is 12.8. The number of carbonyl (C=O) groups is 2. The number of rotatable bonds is 2. The summed E-state index contributed by atoms with van der Waals surface area (Å²) in [5, 5.41) is 12.6. The van der Waals surface area contributed by atoms with E-state index < -0.39 is 12.0 Å². The van der Waals surface area contributed by atoms with Crippen LogP contribution >= 0.6 is 0 Å². The van der Waals surface area contributed by atoms with Crippen molar-refractivity contribution in [3.05, 3.63) is 29.3 Å². The molecular formula is C16H20N2O3. The molecule has 0 saturated carbocycles. The smallest absolute Gasteiger partial charge is 0.326 e. The molecule has 2 heterocycles. The molecular weight excluding hydrogens is 268 g/mol. The number of benzene rings is 1. The second-order valence-corrected chi connectivity index (χ2v) is 5.72. The predicted octanol–water partition coefficient (Wildman–Crippen LogP) is 2.12. The van der Waals surface area contributed by atoms with Gasteiger partial charge in [-0.3, -0.25) is 4.79 Å². The first kappa shape index (κ1) is 13.9. The van der Waals surface area contributed by atoms with Crippen molar-refractivity contribution >= 4 is 17.6 Å². The topological polar surface area (TPSA) is 69.6 Å². The standard InChI is InChI=1S/C16H20N2O3/c19-15(18-10-2-1-8-13(18)16(20)21)12-7-3-5-11-6-4-9-17-14(11)12/h3,5,7,13,17H,1-2,4,6,8-10H2,(H,20,21)/t13-/m0/s1. The van der Waals surface area contributed by atoms with Crippen molar-refractivity contribution < 1.29 is 14.7 Å². The first-order valence-corrected chi connectivity index (χ1v) is 7.58. The number of likely N-dealkylation sites (tertiary alicyclic amines) is 1. The van der Waals surface area contributed by atoms with Gasteiger partial charge in [0, 0.05) is 13.1 Å². The molecule has 3 rings (SSSR count). The molecule has 5 heteroatoms. The van der Waals surface area contributed by atoms with Crippen LogP contribution in [0.3, 0.4) is 0 Å². The fourth-order valence-corrected chi connectivity index (χ4v) is 3.27. The van der Waals surface area contributed by atoms with Crippen LogP contribution in [0.25, 0.3) is 0 Å². The van der Waals surface area contributed by atoms with E-state index in [2.05, 4.69) is 5.32 Å². The fraction of sp³-hybridized carbons (Fsp3) is 0.500. The third kappa shape index (κ3) is 2.60. The van der Waals surface area contributed by atoms with Crippen LogP contribution in [-0.2, 0) is 11.2 Å². The summed E-state index contributed by atoms with van der Waals surface area (Å²) in [5.74, 6) is -1.06. The molecule has 5 nitrogen and oxygen atoms in total. The molecule has 0 bridgehead atoms. The van der Waals surface area contributed by atoms with E-state index in [0.717, 1.165) is 43.5 Å². The number of piperidine rings is 1. The fourth-order valence-electron chi connectivity index (χ4n) is 3.27. The highest BCUT2D eigenvalue weighted by Gasteiger charge is 2.33. The summed E-state index contributed by atoms with van der Waals surface area (Å²) in [4.78, 5) is 25.7. The normalized spacial score (nSPS) is 21.3. The number of fused-ring (bicyclic) bond motifs is 1. The van der Waals surface area contributed by atoms with Gasteiger partial charge in [0.05, 0.1) is 11.3 Å². The van der Waals surface area contributed by atoms with Gasteiger partial charge in [0.25, 0.3) is 5.91 Å². The Bertz CT molecular complexity index is 571. The van der Waals surface area contributed by atoms with Crippen molar-refractivity contribution in [1.29, 1.82) is 0 Å². The quantitative estimate of drug-likeness (QED) is 0.874. The van der Waals surface area contributed by atoms with Gasteiger partial charge in [0.1, 0.15) is 6.04 Å². The molecule has 0 radical (unpaired) electrons. The van der Waals surface area contributed by atoms with Gasteiger partial charge in [-0.2, -0.15) is 0 Å². The minimum Gasteiger partial charge on any atom is -0.480 e. The Kier molecular flexibility index (Phi) is 3.82. The van der Waals surface area contributed by atoms with E-state index in [1.807, 2.05) is 12.1 Å². The molecule has 1 aromatic carbocycles. The third-order valence-electron chi connectivity index (χ3n) is 4.35. The summed E-state index contributed by atoms with van der Waals surface area (Å²) in [6.45, 7) is 1.39. The van der Waals surface area contributed by atoms with Crippen molar-refractivity contribution in [2.75, 3.05) is 18.4 Å². The van der Waals surface area contributed by atoms with Gasteiger partial charge in [-0.05, 0) is 43.7 Å². The summed E-state index contributed by atoms with van der Waals surface area (Å²) in [6.07, 6.45) is 4.31. The lowest BCUT2D eigenvalue weighted by atomic mass is 9.96. The van der Waals surface area contributed by atoms with Crippen LogP contribution in [0.1, 0.15) is 41.6 Å². The number of carboxylic acid groups (broad SMARTS) is 1. The van der Waals surface area contributed by atoms with Gasteiger partial charge >= 0.3 is 5.97 Å². The van der Waals surface area contributed by atoms with Crippen LogP contribution < -0.4 is 5.32 Å². The molecule has 2 aliphatic heterocycles. The van der Waals surface area contributed by atoms with Crippen LogP contribution in [-0.4, -0.2) is 41.0 Å². The minimum atomic E-state index is -0.902. The predicted molar refractivity (Wildman–Crippen MR) is 79.6 cm³/mol. The molecule has 1 amide bonds. The zero-order valence-corrected chi connectivity index (χ0v) is 12.0. The number of aryl methyl sites for hydroxylation is 1. The summed E-state index contributed by atoms with van der Waals surface area (Å²) in [6, 6.07) is 5.03. The Labute approximate surface area is 123 Å². The van der Waals surface area contributed by atoms with E-state index in [-0.39, 0.29) is 5.91 Å². The molecule has 0 spiro atoms. The first-order chi connectivity index (χ1) is 10.2. The number of aliphatic carboxylic acids is 1. The number of anilines is 1. The summed E-state index contributed by atoms with van der Waals surface area (Å²) in [7, 11) is 0. The highest BCUT2D eigenvalue weighted by Crippen LogP contribution is 2.29. The number of hydrogen-bond acceptors (Lipinski definition) is 3. The Morgan fingerprint density at radius 3 is 2.90 bits per heavy atom. The summed E-state index contributed by atoms with van der Waals surface area (Å²) < 4.78 is 0. The van der Waals surface area contributed by atoms with Gasteiger partial charge < -0.3 is 15.3 Å². The average Bonchev–Trinajstić information content (AvgIpc) is 2.53. The lowest BCUT2D eigenvalue weighted by Gasteiger charge is -2.34. The first-order valence-electron chi connectivity index (χ1n) is 7.58. The van der Waals surface area contributed by atoms with Crippen LogP contribution in [0, 0.1) is 0 Å². The maximum atomic E-state index is 12.8. The minimum absolute atomic E-state index is 0.159. The molecule has 0 unspecified atom stereocenters. The van der Waals surface area contributed by atoms with Crippen molar-refractivity contribution in [1.82, 2.24) is 4.90 Å². The maximum Gasteiger partial charge on any atom is 0.326 e. The summed E-state index contributed by atoms with van der Waals surface area (Å²) in [5.41, 5.74) is 2.65. The van der Waals surface area contributed by atoms with E-state index in [9.17, 15) is 14.7 Å². The number of nitrogens with one attached hydrogen (secondary N) is 1. The molecule has 2 aliphatic rings. The SMILES string of the molecule is O=C(O)[C@@H]1CCCCN1C(=O)c1cccc2c1NCCC2. The molecule has 0 aromatic heterocycles. The lowest BCUT2D eigenvalue weighted by Crippen LogP contribution is -2.48. The second-order valence-electron chi connectivity index (χ2n) is 5.72. The van der Waals surface area contributed by atoms with E-state index >= 15 is 0 Å². The average molecular weight is 288 g/mol. The molecule has 1 atom stereocenters. The molecule has 112 valence electrons. The Hall–Kier alpha value is -2.04. The molecule has 0 aliphatic carbocycles. The molecule has 1 aromatic rings. The third-order valence-corrected chi connectivity index (χ3v) is 4.35. The van der Waals surface area contributed by atoms with Crippen LogP contribution in [0.2, 0.25) is 0 Å². The van der Waals surface area contributed by atoms with Gasteiger partial charge in [0.15, 0.2) is 0 Å². The molecule has 2 N–H and O–H groups in total. The van der Waals surface area contributed by atoms with Gasteiger partial charge in [-0.25, -0.2) is 4.79 Å². The number of para-hydroxylation sites is 1. The van der Waals surface area contributed by atoms with Crippen LogP contribution in [0.5, 0.6) is 0 Å². The number of carboxylic acids is 1. The number of amides is 1. The number of hydrogen-bond donors (Lipinski definition) is 2. The Morgan fingerprint density at radius 2 is 2.10 bits per heavy atom. The monoisotopic (exact) mass is 288 g/mol. The van der Waals surface area contributed by atoms with Crippen LogP contribution in [0.15, 0.2) is 18.2 Å². The molecule has 1 fully saturated rings. The zero-order chi connectivity index (χ0) is 14.8. The van der Waals surface area contributed by atoms with Crippen molar-refractivity contribution in [2.24, 2.45) is 0 Å². The highest BCUT2D eigenvalue weighted by molar-refractivity contribution is 6.02. The van der Waals surface area contributed by atoms with Gasteiger partial charge in [-0.15, -0.1) is 0 Å². The molecule has 1 saturated heterocycles. The van der Waals surface area contributed by atoms with Crippen LogP contribution in [0.4, 0.5) is 5.69 Å². The number of nitrogens with zero attached hydrogens (tertiary/aromatic N) is 1.